The van der Waals surface area contributed by atoms with Gasteiger partial charge in [-0.3, -0.25) is 0 Å². The minimum atomic E-state index is 0.405. The van der Waals surface area contributed by atoms with Crippen molar-refractivity contribution in [3.63, 3.8) is 0 Å². The molecule has 1 aliphatic heterocycles. The number of rotatable bonds is 8. The van der Waals surface area contributed by atoms with E-state index in [1.807, 2.05) is 36.5 Å². The topological polar surface area (TPSA) is 78.3 Å². The van der Waals surface area contributed by atoms with Crippen LogP contribution in [-0.2, 0) is 6.42 Å². The quantitative estimate of drug-likeness (QED) is 0.167. The Hall–Kier alpha value is -4.78. The van der Waals surface area contributed by atoms with Gasteiger partial charge in [-0.15, -0.1) is 0 Å². The van der Waals surface area contributed by atoms with Crippen LogP contribution in [-0.4, -0.2) is 34.3 Å². The number of nitrogens with zero attached hydrogens (tertiary/aromatic N) is 5. The summed E-state index contributed by atoms with van der Waals surface area (Å²) >= 11 is 0. The molecule has 40 heavy (non-hydrogen) atoms. The number of piperidine rings is 1. The van der Waals surface area contributed by atoms with Gasteiger partial charge in [-0.25, -0.2) is 5.43 Å². The second-order valence-corrected chi connectivity index (χ2v) is 10.3. The Morgan fingerprint density at radius 1 is 0.800 bits per heavy atom. The Morgan fingerprint density at radius 3 is 2.35 bits per heavy atom. The summed E-state index contributed by atoms with van der Waals surface area (Å²) in [6.45, 7) is 3.89. The molecule has 1 aromatic heterocycles. The van der Waals surface area contributed by atoms with Crippen LogP contribution in [0.4, 0.5) is 23.5 Å². The Bertz CT molecular complexity index is 1590. The summed E-state index contributed by atoms with van der Waals surface area (Å²) in [7, 11) is 0. The first-order valence-corrected chi connectivity index (χ1v) is 13.8. The molecule has 0 radical (unpaired) electrons. The second kappa shape index (κ2) is 11.9. The molecule has 0 amide bonds. The first-order chi connectivity index (χ1) is 19.7. The summed E-state index contributed by atoms with van der Waals surface area (Å²) in [5, 5.41) is 10.2. The maximum absolute atomic E-state index is 4.79. The number of benzene rings is 4. The van der Waals surface area contributed by atoms with Gasteiger partial charge in [0, 0.05) is 24.3 Å². The van der Waals surface area contributed by atoms with E-state index in [0.717, 1.165) is 49.0 Å². The van der Waals surface area contributed by atoms with Crippen molar-refractivity contribution in [2.45, 2.75) is 26.2 Å². The van der Waals surface area contributed by atoms with Gasteiger partial charge in [0.1, 0.15) is 0 Å². The lowest BCUT2D eigenvalue weighted by molar-refractivity contribution is 0.400. The van der Waals surface area contributed by atoms with Crippen LogP contribution in [0.15, 0.2) is 102 Å². The summed E-state index contributed by atoms with van der Waals surface area (Å²) in [6, 6.07) is 33.4. The molecule has 4 aromatic carbocycles. The minimum Gasteiger partial charge on any atom is -0.341 e. The summed E-state index contributed by atoms with van der Waals surface area (Å²) in [4.78, 5) is 16.4. The number of hydrazone groups is 1. The van der Waals surface area contributed by atoms with Crippen LogP contribution in [0.3, 0.4) is 0 Å². The van der Waals surface area contributed by atoms with E-state index in [-0.39, 0.29) is 0 Å². The highest BCUT2D eigenvalue weighted by atomic mass is 15.4. The Balaban J connectivity index is 1.21. The fraction of sp³-hybridized carbons (Fsp3) is 0.212. The smallest absolute Gasteiger partial charge is 0.250 e. The van der Waals surface area contributed by atoms with Gasteiger partial charge >= 0.3 is 0 Å². The standard InChI is InChI=1S/C33H33N7/c1-24-14-16-29(17-15-24)35-31-36-32(39-34-23-28-12-7-11-27-10-5-6-13-30(27)28)38-33(37-31)40-20-18-26(19-21-40)22-25-8-3-2-4-9-25/h2-17,23,26H,18-22H2,1H3,(H2,35,36,37,38,39)/b34-23+. The largest absolute Gasteiger partial charge is 0.341 e. The van der Waals surface area contributed by atoms with Crippen molar-refractivity contribution in [3.8, 4) is 0 Å². The highest BCUT2D eigenvalue weighted by Crippen LogP contribution is 2.26. The van der Waals surface area contributed by atoms with Crippen molar-refractivity contribution < 1.29 is 0 Å². The molecule has 1 saturated heterocycles. The Morgan fingerprint density at radius 2 is 1.52 bits per heavy atom. The maximum Gasteiger partial charge on any atom is 0.250 e. The molecule has 0 spiro atoms. The minimum absolute atomic E-state index is 0.405. The van der Waals surface area contributed by atoms with Gasteiger partial charge < -0.3 is 10.2 Å². The molecular weight excluding hydrogens is 494 g/mol. The monoisotopic (exact) mass is 527 g/mol. The van der Waals surface area contributed by atoms with E-state index in [1.165, 1.54) is 16.5 Å². The number of fused-ring (bicyclic) bond motifs is 1. The number of nitrogens with one attached hydrogen (secondary N) is 2. The van der Waals surface area contributed by atoms with Crippen molar-refractivity contribution in [2.75, 3.05) is 28.7 Å². The predicted octanol–water partition coefficient (Wildman–Crippen LogP) is 6.98. The average Bonchev–Trinajstić information content (AvgIpc) is 2.99. The van der Waals surface area contributed by atoms with Crippen LogP contribution in [0.25, 0.3) is 10.8 Å². The summed E-state index contributed by atoms with van der Waals surface area (Å²) in [5.41, 5.74) is 7.61. The van der Waals surface area contributed by atoms with Crippen molar-refractivity contribution in [1.82, 2.24) is 15.0 Å². The van der Waals surface area contributed by atoms with E-state index in [0.29, 0.717) is 23.8 Å². The van der Waals surface area contributed by atoms with Gasteiger partial charge in [0.05, 0.1) is 6.21 Å². The number of hydrogen-bond donors (Lipinski definition) is 2. The molecule has 7 nitrogen and oxygen atoms in total. The molecule has 0 saturated carbocycles. The third kappa shape index (κ3) is 6.26. The lowest BCUT2D eigenvalue weighted by Crippen LogP contribution is -2.35. The molecule has 5 aromatic rings. The first-order valence-electron chi connectivity index (χ1n) is 13.8. The SMILES string of the molecule is Cc1ccc(Nc2nc(N/N=C/c3cccc4ccccc34)nc(N3CCC(Cc4ccccc4)CC3)n2)cc1. The molecular formula is C33H33N7. The average molecular weight is 528 g/mol. The van der Waals surface area contributed by atoms with Gasteiger partial charge in [-0.1, -0.05) is 90.5 Å². The van der Waals surface area contributed by atoms with Crippen molar-refractivity contribution >= 4 is 40.5 Å². The molecule has 2 heterocycles. The van der Waals surface area contributed by atoms with Crippen LogP contribution in [0, 0.1) is 12.8 Å². The lowest BCUT2D eigenvalue weighted by atomic mass is 9.90. The van der Waals surface area contributed by atoms with Gasteiger partial charge in [0.2, 0.25) is 17.8 Å². The van der Waals surface area contributed by atoms with Crippen molar-refractivity contribution in [2.24, 2.45) is 11.0 Å². The van der Waals surface area contributed by atoms with Crippen LogP contribution in [0.2, 0.25) is 0 Å². The molecule has 0 aliphatic carbocycles. The van der Waals surface area contributed by atoms with E-state index < -0.39 is 0 Å². The van der Waals surface area contributed by atoms with E-state index >= 15 is 0 Å². The Kier molecular flexibility index (Phi) is 7.62. The number of aryl methyl sites for hydroxylation is 1. The van der Waals surface area contributed by atoms with E-state index in [1.54, 1.807) is 0 Å². The zero-order valence-corrected chi connectivity index (χ0v) is 22.7. The fourth-order valence-electron chi connectivity index (χ4n) is 5.19. The highest BCUT2D eigenvalue weighted by Gasteiger charge is 2.22. The Labute approximate surface area is 235 Å². The number of aromatic nitrogens is 3. The van der Waals surface area contributed by atoms with Gasteiger partial charge in [0.25, 0.3) is 0 Å². The fourth-order valence-corrected chi connectivity index (χ4v) is 5.19. The van der Waals surface area contributed by atoms with Crippen molar-refractivity contribution in [3.05, 3.63) is 114 Å². The molecule has 0 unspecified atom stereocenters. The van der Waals surface area contributed by atoms with Crippen LogP contribution >= 0.6 is 0 Å². The third-order valence-corrected chi connectivity index (χ3v) is 7.39. The molecule has 2 N–H and O–H groups in total. The zero-order valence-electron chi connectivity index (χ0n) is 22.7. The van der Waals surface area contributed by atoms with Gasteiger partial charge in [-0.05, 0) is 60.6 Å². The lowest BCUT2D eigenvalue weighted by Gasteiger charge is -2.32. The third-order valence-electron chi connectivity index (χ3n) is 7.39. The maximum atomic E-state index is 4.79. The molecule has 200 valence electrons. The van der Waals surface area contributed by atoms with Crippen LogP contribution in [0.1, 0.15) is 29.5 Å². The van der Waals surface area contributed by atoms with Crippen LogP contribution < -0.4 is 15.6 Å². The van der Waals surface area contributed by atoms with E-state index in [9.17, 15) is 0 Å². The first kappa shape index (κ1) is 25.5. The van der Waals surface area contributed by atoms with Gasteiger partial charge in [0.15, 0.2) is 0 Å². The highest BCUT2D eigenvalue weighted by molar-refractivity contribution is 5.99. The predicted molar refractivity (Wildman–Crippen MR) is 165 cm³/mol. The van der Waals surface area contributed by atoms with Crippen molar-refractivity contribution in [1.29, 1.82) is 0 Å². The van der Waals surface area contributed by atoms with E-state index in [4.69, 9.17) is 9.97 Å². The van der Waals surface area contributed by atoms with Gasteiger partial charge in [-0.2, -0.15) is 20.1 Å². The molecule has 1 aliphatic rings. The number of anilines is 4. The van der Waals surface area contributed by atoms with Crippen LogP contribution in [0.5, 0.6) is 0 Å². The molecule has 6 rings (SSSR count). The second-order valence-electron chi connectivity index (χ2n) is 10.3. The molecule has 7 heteroatoms. The summed E-state index contributed by atoms with van der Waals surface area (Å²) < 4.78 is 0. The summed E-state index contributed by atoms with van der Waals surface area (Å²) in [6.07, 6.45) is 5.13. The zero-order chi connectivity index (χ0) is 27.1. The normalized spacial score (nSPS) is 14.1. The summed E-state index contributed by atoms with van der Waals surface area (Å²) in [5.74, 6) is 2.21. The van der Waals surface area contributed by atoms with E-state index in [2.05, 4.69) is 99.4 Å². The molecule has 0 bridgehead atoms. The number of hydrogen-bond acceptors (Lipinski definition) is 7. The molecule has 1 fully saturated rings. The molecule has 0 atom stereocenters.